The summed E-state index contributed by atoms with van der Waals surface area (Å²) in [7, 11) is 0. The molecule has 1 aliphatic carbocycles. The van der Waals surface area contributed by atoms with Gasteiger partial charge in [-0.05, 0) is 56.5 Å². The number of amides is 2. The van der Waals surface area contributed by atoms with E-state index in [2.05, 4.69) is 5.32 Å². The number of carbonyl (C=O) groups is 2. The standard InChI is InChI=1S/C21H23ClN2O2/c1-4-24(15-8-6-5-7-9-15)21(26)17-12-16(17)20(25)23-19-14(3)10-13(2)11-18(19)22/h5-11,16-17H,4,12H2,1-3H3,(H,23,25). The molecular formula is C21H23ClN2O2. The smallest absolute Gasteiger partial charge is 0.230 e. The number of para-hydroxylation sites is 1. The molecule has 0 saturated heterocycles. The fraction of sp³-hybridized carbons (Fsp3) is 0.333. The van der Waals surface area contributed by atoms with E-state index in [0.29, 0.717) is 23.7 Å². The third kappa shape index (κ3) is 3.75. The van der Waals surface area contributed by atoms with Gasteiger partial charge in [-0.15, -0.1) is 0 Å². The number of halogens is 1. The molecule has 0 aromatic heterocycles. The SMILES string of the molecule is CCN(C(=O)C1CC1C(=O)Nc1c(C)cc(C)cc1Cl)c1ccccc1. The fourth-order valence-electron chi connectivity index (χ4n) is 3.32. The maximum Gasteiger partial charge on any atom is 0.230 e. The van der Waals surface area contributed by atoms with E-state index < -0.39 is 0 Å². The van der Waals surface area contributed by atoms with Crippen molar-refractivity contribution in [2.45, 2.75) is 27.2 Å². The maximum absolute atomic E-state index is 12.8. The minimum atomic E-state index is -0.294. The summed E-state index contributed by atoms with van der Waals surface area (Å²) in [4.78, 5) is 27.1. The molecule has 1 N–H and O–H groups in total. The highest BCUT2D eigenvalue weighted by Crippen LogP contribution is 2.42. The van der Waals surface area contributed by atoms with Crippen LogP contribution in [0.25, 0.3) is 0 Å². The Hall–Kier alpha value is -2.33. The van der Waals surface area contributed by atoms with Crippen LogP contribution >= 0.6 is 11.6 Å². The van der Waals surface area contributed by atoms with Gasteiger partial charge in [-0.25, -0.2) is 0 Å². The third-order valence-corrected chi connectivity index (χ3v) is 5.07. The Morgan fingerprint density at radius 2 is 1.85 bits per heavy atom. The van der Waals surface area contributed by atoms with Gasteiger partial charge < -0.3 is 10.2 Å². The predicted molar refractivity (Wildman–Crippen MR) is 106 cm³/mol. The van der Waals surface area contributed by atoms with Gasteiger partial charge in [-0.2, -0.15) is 0 Å². The van der Waals surface area contributed by atoms with Crippen molar-refractivity contribution in [2.75, 3.05) is 16.8 Å². The summed E-state index contributed by atoms with van der Waals surface area (Å²) < 4.78 is 0. The summed E-state index contributed by atoms with van der Waals surface area (Å²) in [6.45, 7) is 6.40. The molecule has 1 aliphatic rings. The Kier molecular flexibility index (Phi) is 5.33. The number of benzene rings is 2. The van der Waals surface area contributed by atoms with Crippen molar-refractivity contribution in [1.29, 1.82) is 0 Å². The molecule has 2 unspecified atom stereocenters. The first kappa shape index (κ1) is 18.5. The van der Waals surface area contributed by atoms with Gasteiger partial charge in [-0.1, -0.05) is 35.9 Å². The summed E-state index contributed by atoms with van der Waals surface area (Å²) >= 11 is 6.27. The fourth-order valence-corrected chi connectivity index (χ4v) is 3.69. The summed E-state index contributed by atoms with van der Waals surface area (Å²) in [5.74, 6) is -0.691. The van der Waals surface area contributed by atoms with Crippen molar-refractivity contribution in [1.82, 2.24) is 0 Å². The molecule has 0 spiro atoms. The first-order valence-electron chi connectivity index (χ1n) is 8.86. The summed E-state index contributed by atoms with van der Waals surface area (Å²) in [5, 5.41) is 3.43. The minimum absolute atomic E-state index is 0.00516. The van der Waals surface area contributed by atoms with Crippen LogP contribution in [0.5, 0.6) is 0 Å². The lowest BCUT2D eigenvalue weighted by molar-refractivity contribution is -0.123. The normalized spacial score (nSPS) is 18.3. The minimum Gasteiger partial charge on any atom is -0.324 e. The van der Waals surface area contributed by atoms with Crippen molar-refractivity contribution in [2.24, 2.45) is 11.8 Å². The van der Waals surface area contributed by atoms with E-state index in [0.717, 1.165) is 16.8 Å². The average molecular weight is 371 g/mol. The van der Waals surface area contributed by atoms with Crippen LogP contribution in [0.3, 0.4) is 0 Å². The molecule has 136 valence electrons. The highest BCUT2D eigenvalue weighted by Gasteiger charge is 2.49. The number of anilines is 2. The molecule has 26 heavy (non-hydrogen) atoms. The Bertz CT molecular complexity index is 812. The van der Waals surface area contributed by atoms with E-state index in [1.165, 1.54) is 0 Å². The van der Waals surface area contributed by atoms with Gasteiger partial charge >= 0.3 is 0 Å². The molecule has 0 aliphatic heterocycles. The third-order valence-electron chi connectivity index (χ3n) is 4.77. The summed E-state index contributed by atoms with van der Waals surface area (Å²) in [6, 6.07) is 13.4. The predicted octanol–water partition coefficient (Wildman–Crippen LogP) is 4.58. The van der Waals surface area contributed by atoms with Gasteiger partial charge in [0.1, 0.15) is 0 Å². The largest absolute Gasteiger partial charge is 0.324 e. The van der Waals surface area contributed by atoms with Crippen LogP contribution in [0.4, 0.5) is 11.4 Å². The molecule has 2 amide bonds. The number of hydrogen-bond acceptors (Lipinski definition) is 2. The van der Waals surface area contributed by atoms with E-state index in [9.17, 15) is 9.59 Å². The van der Waals surface area contributed by atoms with Crippen molar-refractivity contribution >= 4 is 34.8 Å². The molecule has 2 aromatic carbocycles. The molecule has 5 heteroatoms. The maximum atomic E-state index is 12.8. The molecule has 3 rings (SSSR count). The second kappa shape index (κ2) is 7.50. The highest BCUT2D eigenvalue weighted by atomic mass is 35.5. The van der Waals surface area contributed by atoms with Crippen LogP contribution in [0.1, 0.15) is 24.5 Å². The number of rotatable bonds is 5. The summed E-state index contributed by atoms with van der Waals surface area (Å²) in [5.41, 5.74) is 3.47. The second-order valence-electron chi connectivity index (χ2n) is 6.79. The number of hydrogen-bond donors (Lipinski definition) is 1. The van der Waals surface area contributed by atoms with Crippen molar-refractivity contribution in [3.63, 3.8) is 0 Å². The first-order valence-corrected chi connectivity index (χ1v) is 9.24. The van der Waals surface area contributed by atoms with Crippen molar-refractivity contribution in [3.8, 4) is 0 Å². The van der Waals surface area contributed by atoms with Crippen LogP contribution in [0.2, 0.25) is 5.02 Å². The summed E-state index contributed by atoms with van der Waals surface area (Å²) in [6.07, 6.45) is 0.580. The van der Waals surface area contributed by atoms with E-state index in [4.69, 9.17) is 11.6 Å². The van der Waals surface area contributed by atoms with E-state index in [-0.39, 0.29) is 23.7 Å². The highest BCUT2D eigenvalue weighted by molar-refractivity contribution is 6.34. The number of nitrogens with one attached hydrogen (secondary N) is 1. The lowest BCUT2D eigenvalue weighted by Gasteiger charge is -2.21. The zero-order chi connectivity index (χ0) is 18.8. The molecule has 0 radical (unpaired) electrons. The molecule has 1 fully saturated rings. The van der Waals surface area contributed by atoms with E-state index >= 15 is 0 Å². The van der Waals surface area contributed by atoms with Gasteiger partial charge in [0.05, 0.1) is 22.5 Å². The number of nitrogens with zero attached hydrogens (tertiary/aromatic N) is 1. The molecule has 2 aromatic rings. The van der Waals surface area contributed by atoms with Gasteiger partial charge in [0, 0.05) is 12.2 Å². The molecule has 2 atom stereocenters. The number of carbonyl (C=O) groups excluding carboxylic acids is 2. The second-order valence-corrected chi connectivity index (χ2v) is 7.20. The lowest BCUT2D eigenvalue weighted by Crippen LogP contribution is -2.33. The molecular weight excluding hydrogens is 348 g/mol. The Morgan fingerprint density at radius 1 is 1.15 bits per heavy atom. The van der Waals surface area contributed by atoms with Gasteiger partial charge in [0.2, 0.25) is 11.8 Å². The Balaban J connectivity index is 1.68. The number of aryl methyl sites for hydroxylation is 2. The molecule has 0 heterocycles. The average Bonchev–Trinajstić information content (AvgIpc) is 3.40. The van der Waals surface area contributed by atoms with Gasteiger partial charge in [0.15, 0.2) is 0 Å². The van der Waals surface area contributed by atoms with Crippen molar-refractivity contribution < 1.29 is 9.59 Å². The quantitative estimate of drug-likeness (QED) is 0.837. The van der Waals surface area contributed by atoms with E-state index in [1.807, 2.05) is 63.2 Å². The molecule has 0 bridgehead atoms. The van der Waals surface area contributed by atoms with Crippen LogP contribution < -0.4 is 10.2 Å². The van der Waals surface area contributed by atoms with Gasteiger partial charge in [0.25, 0.3) is 0 Å². The van der Waals surface area contributed by atoms with E-state index in [1.54, 1.807) is 4.90 Å². The Labute approximate surface area is 159 Å². The zero-order valence-corrected chi connectivity index (χ0v) is 16.0. The van der Waals surface area contributed by atoms with Crippen LogP contribution in [-0.2, 0) is 9.59 Å². The monoisotopic (exact) mass is 370 g/mol. The zero-order valence-electron chi connectivity index (χ0n) is 15.3. The topological polar surface area (TPSA) is 49.4 Å². The van der Waals surface area contributed by atoms with Crippen molar-refractivity contribution in [3.05, 3.63) is 58.6 Å². The Morgan fingerprint density at radius 3 is 2.46 bits per heavy atom. The van der Waals surface area contributed by atoms with Crippen LogP contribution in [0, 0.1) is 25.7 Å². The van der Waals surface area contributed by atoms with Crippen LogP contribution in [0.15, 0.2) is 42.5 Å². The first-order chi connectivity index (χ1) is 12.4. The van der Waals surface area contributed by atoms with Crippen LogP contribution in [-0.4, -0.2) is 18.4 Å². The molecule has 1 saturated carbocycles. The van der Waals surface area contributed by atoms with Gasteiger partial charge in [-0.3, -0.25) is 9.59 Å². The lowest BCUT2D eigenvalue weighted by atomic mass is 10.1. The molecule has 4 nitrogen and oxygen atoms in total.